The maximum atomic E-state index is 13.6. The first kappa shape index (κ1) is 15.0. The van der Waals surface area contributed by atoms with Crippen LogP contribution < -0.4 is 4.90 Å². The minimum atomic E-state index is -0.596. The van der Waals surface area contributed by atoms with Gasteiger partial charge in [0.25, 0.3) is 0 Å². The summed E-state index contributed by atoms with van der Waals surface area (Å²) in [7, 11) is 0. The van der Waals surface area contributed by atoms with Crippen molar-refractivity contribution in [2.75, 3.05) is 18.1 Å². The van der Waals surface area contributed by atoms with Crippen LogP contribution in [-0.2, 0) is 9.53 Å². The molecule has 6 heteroatoms. The Kier molecular flexibility index (Phi) is 3.97. The first-order valence-corrected chi connectivity index (χ1v) is 7.19. The average molecular weight is 314 g/mol. The largest absolute Gasteiger partial charge is 0.507 e. The number of rotatable bonds is 3. The number of esters is 1. The van der Waals surface area contributed by atoms with E-state index in [4.69, 9.17) is 4.74 Å². The molecule has 0 spiro atoms. The molecule has 118 valence electrons. The number of aromatic nitrogens is 1. The fraction of sp³-hybridized carbons (Fsp3) is 0.176. The summed E-state index contributed by atoms with van der Waals surface area (Å²) in [5.41, 5.74) is 1.07. The van der Waals surface area contributed by atoms with E-state index >= 15 is 0 Å². The third-order valence-electron chi connectivity index (χ3n) is 3.54. The minimum absolute atomic E-state index is 0.0537. The van der Waals surface area contributed by atoms with E-state index < -0.39 is 11.8 Å². The number of anilines is 2. The Morgan fingerprint density at radius 1 is 1.39 bits per heavy atom. The highest BCUT2D eigenvalue weighted by molar-refractivity contribution is 6.00. The molecule has 1 aliphatic heterocycles. The van der Waals surface area contributed by atoms with Crippen molar-refractivity contribution in [2.45, 2.75) is 6.92 Å². The van der Waals surface area contributed by atoms with Gasteiger partial charge in [0.05, 0.1) is 24.3 Å². The van der Waals surface area contributed by atoms with Gasteiger partial charge in [0.1, 0.15) is 17.4 Å². The maximum absolute atomic E-state index is 13.6. The number of nitrogens with zero attached hydrogens (tertiary/aromatic N) is 2. The Bertz CT molecular complexity index is 789. The van der Waals surface area contributed by atoms with Crippen LogP contribution in [0.15, 0.2) is 48.2 Å². The molecule has 23 heavy (non-hydrogen) atoms. The molecule has 2 aromatic rings. The van der Waals surface area contributed by atoms with Gasteiger partial charge in [0.2, 0.25) is 0 Å². The summed E-state index contributed by atoms with van der Waals surface area (Å²) in [5.74, 6) is -0.680. The van der Waals surface area contributed by atoms with Crippen molar-refractivity contribution < 1.29 is 19.0 Å². The Morgan fingerprint density at radius 3 is 2.96 bits per heavy atom. The van der Waals surface area contributed by atoms with Crippen LogP contribution in [0.4, 0.5) is 15.9 Å². The van der Waals surface area contributed by atoms with Gasteiger partial charge >= 0.3 is 5.97 Å². The summed E-state index contributed by atoms with van der Waals surface area (Å²) in [6, 6.07) is 9.30. The van der Waals surface area contributed by atoms with Gasteiger partial charge in [0, 0.05) is 11.9 Å². The molecular weight excluding hydrogens is 299 g/mol. The standard InChI is InChI=1S/C17H15FN2O3/c1-2-23-17(22)14-10-20(12-6-3-5-11(18)9-12)16-13(15(14)21)7-4-8-19-16/h3-9,21H,2,10H2,1H3. The fourth-order valence-electron chi connectivity index (χ4n) is 2.50. The van der Waals surface area contributed by atoms with Crippen LogP contribution in [0.3, 0.4) is 0 Å². The molecule has 0 amide bonds. The molecular formula is C17H15FN2O3. The number of aliphatic hydroxyl groups excluding tert-OH is 1. The van der Waals surface area contributed by atoms with Crippen LogP contribution >= 0.6 is 0 Å². The molecule has 0 saturated carbocycles. The zero-order chi connectivity index (χ0) is 16.4. The van der Waals surface area contributed by atoms with E-state index in [1.165, 1.54) is 12.1 Å². The zero-order valence-electron chi connectivity index (χ0n) is 12.5. The molecule has 1 N–H and O–H groups in total. The summed E-state index contributed by atoms with van der Waals surface area (Å²) in [5, 5.41) is 10.4. The maximum Gasteiger partial charge on any atom is 0.339 e. The second-order valence-corrected chi connectivity index (χ2v) is 4.99. The molecule has 1 aliphatic rings. The van der Waals surface area contributed by atoms with Crippen LogP contribution in [0.2, 0.25) is 0 Å². The number of hydrogen-bond acceptors (Lipinski definition) is 5. The number of hydrogen-bond donors (Lipinski definition) is 1. The van der Waals surface area contributed by atoms with Crippen LogP contribution in [0.5, 0.6) is 0 Å². The van der Waals surface area contributed by atoms with Crippen molar-refractivity contribution in [3.8, 4) is 0 Å². The topological polar surface area (TPSA) is 62.7 Å². The van der Waals surface area contributed by atoms with E-state index in [9.17, 15) is 14.3 Å². The second kappa shape index (κ2) is 6.08. The van der Waals surface area contributed by atoms with Crippen LogP contribution in [0, 0.1) is 5.82 Å². The van der Waals surface area contributed by atoms with E-state index in [1.807, 2.05) is 0 Å². The van der Waals surface area contributed by atoms with E-state index in [0.717, 1.165) is 0 Å². The van der Waals surface area contributed by atoms with Gasteiger partial charge in [0.15, 0.2) is 0 Å². The van der Waals surface area contributed by atoms with Crippen LogP contribution in [-0.4, -0.2) is 29.2 Å². The Morgan fingerprint density at radius 2 is 2.22 bits per heavy atom. The quantitative estimate of drug-likeness (QED) is 0.882. The van der Waals surface area contributed by atoms with Gasteiger partial charge in [-0.15, -0.1) is 0 Å². The van der Waals surface area contributed by atoms with Crippen molar-refractivity contribution in [3.05, 3.63) is 59.5 Å². The minimum Gasteiger partial charge on any atom is -0.507 e. The number of halogens is 1. The molecule has 5 nitrogen and oxygen atoms in total. The third-order valence-corrected chi connectivity index (χ3v) is 3.54. The van der Waals surface area contributed by atoms with E-state index in [2.05, 4.69) is 4.98 Å². The van der Waals surface area contributed by atoms with Crippen LogP contribution in [0.25, 0.3) is 5.76 Å². The molecule has 0 atom stereocenters. The predicted molar refractivity (Wildman–Crippen MR) is 83.8 cm³/mol. The van der Waals surface area contributed by atoms with Gasteiger partial charge in [-0.25, -0.2) is 14.2 Å². The Hall–Kier alpha value is -2.89. The molecule has 0 fully saturated rings. The molecule has 0 bridgehead atoms. The van der Waals surface area contributed by atoms with Gasteiger partial charge in [-0.3, -0.25) is 0 Å². The lowest BCUT2D eigenvalue weighted by atomic mass is 10.0. The SMILES string of the molecule is CCOC(=O)C1=C(O)c2cccnc2N(c2cccc(F)c2)C1. The monoisotopic (exact) mass is 314 g/mol. The lowest BCUT2D eigenvalue weighted by Gasteiger charge is -2.30. The average Bonchev–Trinajstić information content (AvgIpc) is 2.55. The highest BCUT2D eigenvalue weighted by Crippen LogP contribution is 2.36. The highest BCUT2D eigenvalue weighted by Gasteiger charge is 2.30. The molecule has 0 aliphatic carbocycles. The first-order chi connectivity index (χ1) is 11.1. The lowest BCUT2D eigenvalue weighted by molar-refractivity contribution is -0.138. The predicted octanol–water partition coefficient (Wildman–Crippen LogP) is 3.20. The smallest absolute Gasteiger partial charge is 0.339 e. The van der Waals surface area contributed by atoms with Gasteiger partial charge in [-0.2, -0.15) is 0 Å². The summed E-state index contributed by atoms with van der Waals surface area (Å²) >= 11 is 0. The zero-order valence-corrected chi connectivity index (χ0v) is 12.5. The highest BCUT2D eigenvalue weighted by atomic mass is 19.1. The molecule has 0 unspecified atom stereocenters. The van der Waals surface area contributed by atoms with Crippen LogP contribution in [0.1, 0.15) is 12.5 Å². The second-order valence-electron chi connectivity index (χ2n) is 4.99. The molecule has 3 rings (SSSR count). The number of carbonyl (C=O) groups is 1. The van der Waals surface area contributed by atoms with Crippen molar-refractivity contribution in [2.24, 2.45) is 0 Å². The third kappa shape index (κ3) is 2.75. The Labute approximate surface area is 132 Å². The molecule has 1 aromatic heterocycles. The van der Waals surface area contributed by atoms with Gasteiger partial charge < -0.3 is 14.7 Å². The number of aliphatic hydroxyl groups is 1. The van der Waals surface area contributed by atoms with Gasteiger partial charge in [-0.05, 0) is 37.3 Å². The first-order valence-electron chi connectivity index (χ1n) is 7.19. The van der Waals surface area contributed by atoms with E-state index in [0.29, 0.717) is 17.1 Å². The van der Waals surface area contributed by atoms with Crippen molar-refractivity contribution in [3.63, 3.8) is 0 Å². The van der Waals surface area contributed by atoms with Gasteiger partial charge in [-0.1, -0.05) is 6.07 Å². The molecule has 1 aromatic carbocycles. The molecule has 2 heterocycles. The van der Waals surface area contributed by atoms with E-state index in [-0.39, 0.29) is 24.5 Å². The number of pyridine rings is 1. The summed E-state index contributed by atoms with van der Waals surface area (Å²) in [6.45, 7) is 1.95. The van der Waals surface area contributed by atoms with E-state index in [1.54, 1.807) is 42.3 Å². The Balaban J connectivity index is 2.12. The van der Waals surface area contributed by atoms with Crippen molar-refractivity contribution in [1.29, 1.82) is 0 Å². The lowest BCUT2D eigenvalue weighted by Crippen LogP contribution is -2.30. The summed E-state index contributed by atoms with van der Waals surface area (Å²) in [4.78, 5) is 18.0. The van der Waals surface area contributed by atoms with Crippen molar-refractivity contribution >= 4 is 23.2 Å². The number of ether oxygens (including phenoxy) is 1. The van der Waals surface area contributed by atoms with Crippen molar-refractivity contribution in [1.82, 2.24) is 4.98 Å². The summed E-state index contributed by atoms with van der Waals surface area (Å²) < 4.78 is 18.5. The number of fused-ring (bicyclic) bond motifs is 1. The number of benzene rings is 1. The molecule has 0 radical (unpaired) electrons. The molecule has 0 saturated heterocycles. The summed E-state index contributed by atoms with van der Waals surface area (Å²) in [6.07, 6.45) is 1.58. The normalized spacial score (nSPS) is 13.7. The number of carbonyl (C=O) groups excluding carboxylic acids is 1. The fourth-order valence-corrected chi connectivity index (χ4v) is 2.50.